The average Bonchev–Trinajstić information content (AvgIpc) is 3.29. The van der Waals surface area contributed by atoms with Crippen LogP contribution in [0.1, 0.15) is 63.1 Å². The van der Waals surface area contributed by atoms with Crippen LogP contribution in [0, 0.1) is 5.92 Å². The molecule has 2 aliphatic heterocycles. The number of nitrogens with zero attached hydrogens (tertiary/aromatic N) is 1. The van der Waals surface area contributed by atoms with Gasteiger partial charge in [-0.3, -0.25) is 15.4 Å². The lowest BCUT2D eigenvalue weighted by Gasteiger charge is -2.41. The summed E-state index contributed by atoms with van der Waals surface area (Å²) in [6.45, 7) is 6.88. The first-order valence-electron chi connectivity index (χ1n) is 16.6. The molecular weight excluding hydrogens is 741 g/mol. The maximum Gasteiger partial charge on any atom is 0.262 e. The van der Waals surface area contributed by atoms with E-state index in [4.69, 9.17) is 39.5 Å². The fourth-order valence-electron chi connectivity index (χ4n) is 7.36. The normalized spacial score (nSPS) is 24.8. The van der Waals surface area contributed by atoms with Gasteiger partial charge in [0.15, 0.2) is 15.5 Å². The highest BCUT2D eigenvalue weighted by atomic mass is 35.5. The van der Waals surface area contributed by atoms with Gasteiger partial charge in [-0.25, -0.2) is 16.8 Å². The maximum atomic E-state index is 15.4. The van der Waals surface area contributed by atoms with Crippen LogP contribution in [0.4, 0.5) is 0 Å². The highest BCUT2D eigenvalue weighted by Crippen LogP contribution is 2.52. The molecular formula is C36H44Cl3N3O6S2. The van der Waals surface area contributed by atoms with Crippen LogP contribution >= 0.6 is 34.8 Å². The van der Waals surface area contributed by atoms with E-state index >= 15 is 4.79 Å². The van der Waals surface area contributed by atoms with Crippen molar-refractivity contribution in [2.45, 2.75) is 68.1 Å². The van der Waals surface area contributed by atoms with Crippen LogP contribution in [0.25, 0.3) is 0 Å². The summed E-state index contributed by atoms with van der Waals surface area (Å²) >= 11 is 19.2. The molecule has 3 atom stereocenters. The molecule has 2 N–H and O–H groups in total. The van der Waals surface area contributed by atoms with Crippen molar-refractivity contribution in [2.24, 2.45) is 5.92 Å². The summed E-state index contributed by atoms with van der Waals surface area (Å²) in [4.78, 5) is 17.0. The number of nitrogens with one attached hydrogen (secondary N) is 2. The van der Waals surface area contributed by atoms with Crippen LogP contribution in [0.2, 0.25) is 15.1 Å². The number of carbonyl (C=O) groups is 1. The zero-order valence-corrected chi connectivity index (χ0v) is 32.8. The Morgan fingerprint density at radius 2 is 1.36 bits per heavy atom. The van der Waals surface area contributed by atoms with E-state index < -0.39 is 36.4 Å². The van der Waals surface area contributed by atoms with Gasteiger partial charge in [0.25, 0.3) is 5.91 Å². The standard InChI is InChI=1S/C36H44Cl3N3O6S2/c1-6-48-31-23-30(39)32(50(5,46)47)22-29(31)36(33(43)42-19-17-24(18-20-42)8-7-21-49(4,44)45)40-34(2,25-9-13-27(37)14-10-25)35(3,41-36)26-11-15-28(38)16-12-26/h9-16,22-24,40-41H,6-8,17-21H2,1-5H3/t34-,35+,36?. The Kier molecular flexibility index (Phi) is 11.3. The van der Waals surface area contributed by atoms with E-state index in [-0.39, 0.29) is 45.4 Å². The molecule has 2 fully saturated rings. The molecule has 50 heavy (non-hydrogen) atoms. The second kappa shape index (κ2) is 14.6. The van der Waals surface area contributed by atoms with Gasteiger partial charge >= 0.3 is 0 Å². The number of sulfone groups is 2. The predicted octanol–water partition coefficient (Wildman–Crippen LogP) is 6.69. The van der Waals surface area contributed by atoms with Crippen LogP contribution < -0.4 is 15.4 Å². The van der Waals surface area contributed by atoms with Crippen LogP contribution in [0.5, 0.6) is 5.75 Å². The van der Waals surface area contributed by atoms with Crippen molar-refractivity contribution >= 4 is 60.4 Å². The van der Waals surface area contributed by atoms with Gasteiger partial charge in [0.2, 0.25) is 0 Å². The largest absolute Gasteiger partial charge is 0.493 e. The molecule has 0 spiro atoms. The van der Waals surface area contributed by atoms with Crippen molar-refractivity contribution in [1.82, 2.24) is 15.5 Å². The smallest absolute Gasteiger partial charge is 0.262 e. The van der Waals surface area contributed by atoms with Crippen molar-refractivity contribution in [1.29, 1.82) is 0 Å². The molecule has 3 aromatic rings. The number of piperidine rings is 1. The van der Waals surface area contributed by atoms with E-state index in [1.165, 1.54) is 18.4 Å². The van der Waals surface area contributed by atoms with Gasteiger partial charge in [0, 0.05) is 53.0 Å². The van der Waals surface area contributed by atoms with E-state index in [2.05, 4.69) is 10.6 Å². The third-order valence-electron chi connectivity index (χ3n) is 10.2. The van der Waals surface area contributed by atoms with Gasteiger partial charge in [-0.05, 0) is 93.8 Å². The fourth-order valence-corrected chi connectivity index (χ4v) is 9.62. The number of halogens is 3. The second-order valence-corrected chi connectivity index (χ2v) is 19.3. The highest BCUT2D eigenvalue weighted by molar-refractivity contribution is 7.91. The molecule has 0 aromatic heterocycles. The van der Waals surface area contributed by atoms with Crippen LogP contribution in [0.3, 0.4) is 0 Å². The van der Waals surface area contributed by atoms with Gasteiger partial charge < -0.3 is 9.64 Å². The topological polar surface area (TPSA) is 122 Å². The summed E-state index contributed by atoms with van der Waals surface area (Å²) in [6.07, 6.45) is 5.04. The summed E-state index contributed by atoms with van der Waals surface area (Å²) in [5, 5.41) is 8.54. The maximum absolute atomic E-state index is 15.4. The molecule has 2 saturated heterocycles. The Hall–Kier alpha value is -2.38. The quantitative estimate of drug-likeness (QED) is 0.221. The van der Waals surface area contributed by atoms with Gasteiger partial charge in [-0.2, -0.15) is 0 Å². The molecule has 0 aliphatic carbocycles. The minimum Gasteiger partial charge on any atom is -0.493 e. The SMILES string of the molecule is CCOc1cc(Cl)c(S(C)(=O)=O)cc1C1(C(=O)N2CCC(CCCS(C)(=O)=O)CC2)N[C@@](C)(c2ccc(Cl)cc2)[C@@](C)(c2ccc(Cl)cc2)N1. The van der Waals surface area contributed by atoms with Crippen molar-refractivity contribution in [2.75, 3.05) is 38.0 Å². The van der Waals surface area contributed by atoms with E-state index in [1.807, 2.05) is 38.1 Å². The molecule has 1 amide bonds. The van der Waals surface area contributed by atoms with E-state index in [0.29, 0.717) is 42.4 Å². The summed E-state index contributed by atoms with van der Waals surface area (Å²) in [6, 6.07) is 17.7. The number of likely N-dealkylation sites (tertiary alicyclic amines) is 1. The first-order valence-corrected chi connectivity index (χ1v) is 21.7. The lowest BCUT2D eigenvalue weighted by Crippen LogP contribution is -2.61. The summed E-state index contributed by atoms with van der Waals surface area (Å²) < 4.78 is 55.7. The second-order valence-electron chi connectivity index (χ2n) is 13.8. The molecule has 14 heteroatoms. The van der Waals surface area contributed by atoms with Gasteiger partial charge in [-0.1, -0.05) is 59.1 Å². The number of carbonyl (C=O) groups excluding carboxylic acids is 1. The Morgan fingerprint density at radius 1 is 0.860 bits per heavy atom. The monoisotopic (exact) mass is 783 g/mol. The Balaban J connectivity index is 1.70. The van der Waals surface area contributed by atoms with Crippen LogP contribution in [0.15, 0.2) is 65.6 Å². The number of hydrogen-bond acceptors (Lipinski definition) is 8. The van der Waals surface area contributed by atoms with E-state index in [1.54, 1.807) is 36.1 Å². The van der Waals surface area contributed by atoms with Gasteiger partial charge in [-0.15, -0.1) is 0 Å². The van der Waals surface area contributed by atoms with Crippen LogP contribution in [-0.4, -0.2) is 65.6 Å². The Bertz CT molecular complexity index is 1890. The molecule has 2 aliphatic rings. The zero-order valence-electron chi connectivity index (χ0n) is 28.9. The number of benzene rings is 3. The predicted molar refractivity (Wildman–Crippen MR) is 200 cm³/mol. The lowest BCUT2D eigenvalue weighted by molar-refractivity contribution is -0.141. The number of rotatable bonds is 11. The third-order valence-corrected chi connectivity index (χ3v) is 13.3. The van der Waals surface area contributed by atoms with E-state index in [9.17, 15) is 16.8 Å². The molecule has 9 nitrogen and oxygen atoms in total. The Labute approximate surface area is 310 Å². The average molecular weight is 785 g/mol. The summed E-state index contributed by atoms with van der Waals surface area (Å²) in [7, 11) is -6.89. The van der Waals surface area contributed by atoms with Crippen molar-refractivity contribution < 1.29 is 26.4 Å². The zero-order chi connectivity index (χ0) is 36.7. The minimum atomic E-state index is -3.83. The molecule has 272 valence electrons. The van der Waals surface area contributed by atoms with Crippen molar-refractivity contribution in [3.63, 3.8) is 0 Å². The summed E-state index contributed by atoms with van der Waals surface area (Å²) in [5.74, 6) is 0.349. The van der Waals surface area contributed by atoms with E-state index in [0.717, 1.165) is 23.8 Å². The lowest BCUT2D eigenvalue weighted by atomic mass is 9.72. The molecule has 0 bridgehead atoms. The molecule has 2 heterocycles. The molecule has 1 unspecified atom stereocenters. The van der Waals surface area contributed by atoms with Crippen molar-refractivity contribution in [3.05, 3.63) is 92.4 Å². The molecule has 5 rings (SSSR count). The van der Waals surface area contributed by atoms with Crippen molar-refractivity contribution in [3.8, 4) is 5.75 Å². The number of amides is 1. The van der Waals surface area contributed by atoms with Gasteiger partial charge in [0.1, 0.15) is 15.6 Å². The summed E-state index contributed by atoms with van der Waals surface area (Å²) in [5.41, 5.74) is -1.83. The third kappa shape index (κ3) is 7.70. The molecule has 0 radical (unpaired) electrons. The first kappa shape index (κ1) is 38.8. The molecule has 3 aromatic carbocycles. The number of hydrogen-bond donors (Lipinski definition) is 2. The Morgan fingerprint density at radius 3 is 1.80 bits per heavy atom. The fraction of sp³-hybridized carbons (Fsp3) is 0.472. The minimum absolute atomic E-state index is 0.0175. The molecule has 0 saturated carbocycles. The first-order chi connectivity index (χ1) is 23.3. The van der Waals surface area contributed by atoms with Gasteiger partial charge in [0.05, 0.1) is 27.6 Å². The highest BCUT2D eigenvalue weighted by Gasteiger charge is 2.65. The number of ether oxygens (including phenoxy) is 1. The van der Waals surface area contributed by atoms with Crippen LogP contribution in [-0.2, 0) is 41.2 Å².